The number of hydrazine groups is 1. The highest BCUT2D eigenvalue weighted by molar-refractivity contribution is 7.92. The Morgan fingerprint density at radius 2 is 1.70 bits per heavy atom. The first-order valence-electron chi connectivity index (χ1n) is 10.2. The number of amides is 2. The highest BCUT2D eigenvalue weighted by Gasteiger charge is 2.15. The average molecular weight is 469 g/mol. The van der Waals surface area contributed by atoms with Gasteiger partial charge in [0, 0.05) is 30.1 Å². The Hall–Kier alpha value is -3.92. The number of ether oxygens (including phenoxy) is 1. The Bertz CT molecular complexity index is 1180. The third-order valence-electron chi connectivity index (χ3n) is 4.52. The molecule has 3 aromatic rings. The summed E-state index contributed by atoms with van der Waals surface area (Å²) in [5, 5.41) is 0. The molecule has 0 aliphatic carbocycles. The summed E-state index contributed by atoms with van der Waals surface area (Å²) in [6.45, 7) is 2.33. The van der Waals surface area contributed by atoms with Gasteiger partial charge in [0.05, 0.1) is 11.5 Å². The fraction of sp³-hybridized carbons (Fsp3) is 0.174. The summed E-state index contributed by atoms with van der Waals surface area (Å²) in [5.74, 6) is -0.284. The van der Waals surface area contributed by atoms with Crippen LogP contribution in [0.5, 0.6) is 5.75 Å². The van der Waals surface area contributed by atoms with Crippen LogP contribution >= 0.6 is 0 Å². The molecule has 0 saturated carbocycles. The molecule has 0 unspecified atom stereocenters. The van der Waals surface area contributed by atoms with Gasteiger partial charge in [-0.2, -0.15) is 0 Å². The van der Waals surface area contributed by atoms with Gasteiger partial charge < -0.3 is 4.74 Å². The van der Waals surface area contributed by atoms with Gasteiger partial charge in [-0.1, -0.05) is 6.07 Å². The number of sulfonamides is 1. The Morgan fingerprint density at radius 1 is 0.970 bits per heavy atom. The van der Waals surface area contributed by atoms with E-state index in [1.54, 1.807) is 30.6 Å². The van der Waals surface area contributed by atoms with E-state index in [1.165, 1.54) is 36.4 Å². The molecule has 0 saturated heterocycles. The van der Waals surface area contributed by atoms with E-state index in [4.69, 9.17) is 4.74 Å². The van der Waals surface area contributed by atoms with Crippen LogP contribution in [0.25, 0.3) is 0 Å². The van der Waals surface area contributed by atoms with E-state index in [1.807, 2.05) is 13.0 Å². The third-order valence-corrected chi connectivity index (χ3v) is 5.92. The number of hydrogen-bond acceptors (Lipinski definition) is 6. The van der Waals surface area contributed by atoms with Crippen molar-refractivity contribution in [2.45, 2.75) is 24.7 Å². The molecule has 10 heteroatoms. The van der Waals surface area contributed by atoms with E-state index in [9.17, 15) is 18.0 Å². The molecule has 0 radical (unpaired) electrons. The lowest BCUT2D eigenvalue weighted by molar-refractivity contribution is -0.121. The summed E-state index contributed by atoms with van der Waals surface area (Å²) < 4.78 is 32.9. The topological polar surface area (TPSA) is 126 Å². The van der Waals surface area contributed by atoms with Crippen LogP contribution in [0.15, 0.2) is 78.0 Å². The Balaban J connectivity index is 1.51. The fourth-order valence-corrected chi connectivity index (χ4v) is 3.91. The molecule has 0 fully saturated rings. The lowest BCUT2D eigenvalue weighted by Gasteiger charge is -2.10. The molecular formula is C23H24N4O5S. The zero-order valence-corrected chi connectivity index (χ0v) is 18.8. The Labute approximate surface area is 192 Å². The quantitative estimate of drug-likeness (QED) is 0.415. The van der Waals surface area contributed by atoms with E-state index in [-0.39, 0.29) is 22.8 Å². The van der Waals surface area contributed by atoms with Crippen LogP contribution in [0.1, 0.15) is 29.3 Å². The Kier molecular flexibility index (Phi) is 7.98. The van der Waals surface area contributed by atoms with Crippen molar-refractivity contribution in [3.8, 4) is 5.75 Å². The van der Waals surface area contributed by atoms with Gasteiger partial charge in [0.2, 0.25) is 5.91 Å². The summed E-state index contributed by atoms with van der Waals surface area (Å²) in [6, 6.07) is 15.5. The van der Waals surface area contributed by atoms with Gasteiger partial charge in [-0.3, -0.25) is 30.1 Å². The monoisotopic (exact) mass is 468 g/mol. The summed E-state index contributed by atoms with van der Waals surface area (Å²) in [4.78, 5) is 28.2. The van der Waals surface area contributed by atoms with Gasteiger partial charge >= 0.3 is 0 Å². The molecule has 0 aliphatic rings. The predicted octanol–water partition coefficient (Wildman–Crippen LogP) is 2.67. The van der Waals surface area contributed by atoms with Crippen molar-refractivity contribution in [1.29, 1.82) is 0 Å². The lowest BCUT2D eigenvalue weighted by Crippen LogP contribution is -2.41. The number of carbonyl (C=O) groups is 2. The number of pyridine rings is 1. The van der Waals surface area contributed by atoms with E-state index < -0.39 is 15.9 Å². The largest absolute Gasteiger partial charge is 0.494 e. The molecule has 0 aliphatic heterocycles. The number of carbonyl (C=O) groups excluding carboxylic acids is 2. The maximum absolute atomic E-state index is 12.5. The van der Waals surface area contributed by atoms with Crippen molar-refractivity contribution >= 4 is 27.5 Å². The van der Waals surface area contributed by atoms with E-state index in [0.29, 0.717) is 24.5 Å². The number of anilines is 1. The molecule has 172 valence electrons. The summed E-state index contributed by atoms with van der Waals surface area (Å²) in [7, 11) is -3.80. The van der Waals surface area contributed by atoms with Gasteiger partial charge in [-0.15, -0.1) is 0 Å². The third kappa shape index (κ3) is 7.04. The number of rotatable bonds is 9. The van der Waals surface area contributed by atoms with Gasteiger partial charge in [-0.05, 0) is 73.5 Å². The van der Waals surface area contributed by atoms with Crippen LogP contribution in [0.4, 0.5) is 5.69 Å². The molecule has 2 amide bonds. The van der Waals surface area contributed by atoms with E-state index >= 15 is 0 Å². The van der Waals surface area contributed by atoms with Gasteiger partial charge in [0.15, 0.2) is 0 Å². The number of aromatic nitrogens is 1. The fourth-order valence-electron chi connectivity index (χ4n) is 2.85. The van der Waals surface area contributed by atoms with Crippen LogP contribution in [-0.4, -0.2) is 31.8 Å². The molecule has 1 heterocycles. The standard InChI is InChI=1S/C23H24N4O5S/c1-2-32-20-10-12-21(13-11-20)33(30,31)27-19-8-6-18(7-9-19)23(29)26-25-22(28)14-5-17-4-3-15-24-16-17/h3-4,6-13,15-16,27H,2,5,14H2,1H3,(H,25,28)(H,26,29). The van der Waals surface area contributed by atoms with Crippen molar-refractivity contribution in [3.63, 3.8) is 0 Å². The van der Waals surface area contributed by atoms with Gasteiger partial charge in [0.1, 0.15) is 5.75 Å². The second kappa shape index (κ2) is 11.1. The van der Waals surface area contributed by atoms with Crippen molar-refractivity contribution < 1.29 is 22.7 Å². The second-order valence-electron chi connectivity index (χ2n) is 6.95. The van der Waals surface area contributed by atoms with Crippen molar-refractivity contribution in [2.24, 2.45) is 0 Å². The minimum atomic E-state index is -3.80. The molecule has 3 rings (SSSR count). The summed E-state index contributed by atoms with van der Waals surface area (Å²) >= 11 is 0. The predicted molar refractivity (Wildman–Crippen MR) is 123 cm³/mol. The Morgan fingerprint density at radius 3 is 2.33 bits per heavy atom. The van der Waals surface area contributed by atoms with Crippen molar-refractivity contribution in [2.75, 3.05) is 11.3 Å². The molecular weight excluding hydrogens is 444 g/mol. The number of nitrogens with zero attached hydrogens (tertiary/aromatic N) is 1. The van der Waals surface area contributed by atoms with Crippen LogP contribution in [-0.2, 0) is 21.2 Å². The number of aryl methyl sites for hydroxylation is 1. The normalized spacial score (nSPS) is 10.8. The second-order valence-corrected chi connectivity index (χ2v) is 8.63. The molecule has 0 spiro atoms. The van der Waals surface area contributed by atoms with Crippen molar-refractivity contribution in [1.82, 2.24) is 15.8 Å². The van der Waals surface area contributed by atoms with Crippen LogP contribution < -0.4 is 20.3 Å². The summed E-state index contributed by atoms with van der Waals surface area (Å²) in [6.07, 6.45) is 4.02. The average Bonchev–Trinajstić information content (AvgIpc) is 2.82. The smallest absolute Gasteiger partial charge is 0.269 e. The van der Waals surface area contributed by atoms with Crippen LogP contribution in [0.2, 0.25) is 0 Å². The molecule has 2 aromatic carbocycles. The molecule has 33 heavy (non-hydrogen) atoms. The highest BCUT2D eigenvalue weighted by Crippen LogP contribution is 2.19. The van der Waals surface area contributed by atoms with Gasteiger partial charge in [-0.25, -0.2) is 8.42 Å². The molecule has 1 aromatic heterocycles. The van der Waals surface area contributed by atoms with Crippen LogP contribution in [0, 0.1) is 0 Å². The zero-order chi connectivity index (χ0) is 23.7. The number of benzene rings is 2. The minimum Gasteiger partial charge on any atom is -0.494 e. The maximum Gasteiger partial charge on any atom is 0.269 e. The molecule has 0 bridgehead atoms. The number of nitrogens with one attached hydrogen (secondary N) is 3. The SMILES string of the molecule is CCOc1ccc(S(=O)(=O)Nc2ccc(C(=O)NNC(=O)CCc3cccnc3)cc2)cc1. The molecule has 0 atom stereocenters. The maximum atomic E-state index is 12.5. The lowest BCUT2D eigenvalue weighted by atomic mass is 10.1. The molecule has 9 nitrogen and oxygen atoms in total. The summed E-state index contributed by atoms with van der Waals surface area (Å²) in [5.41, 5.74) is 6.17. The van der Waals surface area contributed by atoms with Crippen LogP contribution in [0.3, 0.4) is 0 Å². The van der Waals surface area contributed by atoms with E-state index in [0.717, 1.165) is 5.56 Å². The number of hydrogen-bond donors (Lipinski definition) is 3. The first-order valence-corrected chi connectivity index (χ1v) is 11.7. The van der Waals surface area contributed by atoms with E-state index in [2.05, 4.69) is 20.6 Å². The minimum absolute atomic E-state index is 0.0850. The first kappa shape index (κ1) is 23.7. The highest BCUT2D eigenvalue weighted by atomic mass is 32.2. The van der Waals surface area contributed by atoms with Gasteiger partial charge in [0.25, 0.3) is 15.9 Å². The first-order chi connectivity index (χ1) is 15.9. The zero-order valence-electron chi connectivity index (χ0n) is 17.9. The van der Waals surface area contributed by atoms with Crippen molar-refractivity contribution in [3.05, 3.63) is 84.2 Å². The molecule has 3 N–H and O–H groups in total.